The summed E-state index contributed by atoms with van der Waals surface area (Å²) < 4.78 is 14.0. The third-order valence-electron chi connectivity index (χ3n) is 10.5. The van der Waals surface area contributed by atoms with E-state index in [1.165, 1.54) is 0 Å². The number of aliphatic hydroxyl groups excluding tert-OH is 1. The Morgan fingerprint density at radius 1 is 1.02 bits per heavy atom. The van der Waals surface area contributed by atoms with Gasteiger partial charge in [0.05, 0.1) is 37.1 Å². The molecule has 5 atom stereocenters. The van der Waals surface area contributed by atoms with Crippen molar-refractivity contribution in [3.05, 3.63) is 132 Å². The molecular formula is C40H43N5O6Si. The van der Waals surface area contributed by atoms with E-state index in [0.717, 1.165) is 5.56 Å². The highest BCUT2D eigenvalue weighted by atomic mass is 28.4. The van der Waals surface area contributed by atoms with Crippen molar-refractivity contribution in [1.82, 2.24) is 15.0 Å². The summed E-state index contributed by atoms with van der Waals surface area (Å²) in [6, 6.07) is 31.5. The lowest BCUT2D eigenvalue weighted by Gasteiger charge is -2.32. The van der Waals surface area contributed by atoms with Crippen LogP contribution in [-0.4, -0.2) is 64.8 Å². The second kappa shape index (κ2) is 14.1. The van der Waals surface area contributed by atoms with Crippen LogP contribution in [0.25, 0.3) is 0 Å². The van der Waals surface area contributed by atoms with Crippen LogP contribution in [0.1, 0.15) is 46.4 Å². The van der Waals surface area contributed by atoms with Gasteiger partial charge in [-0.15, -0.1) is 5.10 Å². The van der Waals surface area contributed by atoms with E-state index < -0.39 is 25.9 Å². The van der Waals surface area contributed by atoms with E-state index in [9.17, 15) is 19.5 Å². The molecule has 12 heteroatoms. The maximum absolute atomic E-state index is 14.9. The minimum Gasteiger partial charge on any atom is -0.497 e. The molecule has 1 saturated heterocycles. The lowest BCUT2D eigenvalue weighted by Crippen LogP contribution is -2.45. The first-order valence-corrected chi connectivity index (χ1v) is 20.5. The van der Waals surface area contributed by atoms with Crippen molar-refractivity contribution in [2.24, 2.45) is 5.92 Å². The number of anilines is 3. The van der Waals surface area contributed by atoms with Gasteiger partial charge < -0.3 is 24.7 Å². The SMILES string of the molecule is COc1ccc(C(=O)Nc2ccc3c(c2)[C@]2(O[C@@H](CCn4cc(C(CO)c5ccccc5)nn4)[C@H]([Si](C)(C)O)[C@H]2C)C(=O)N3c2ccccc2)cc1. The Labute approximate surface area is 304 Å². The van der Waals surface area contributed by atoms with E-state index in [1.807, 2.05) is 99.0 Å². The van der Waals surface area contributed by atoms with Crippen molar-refractivity contribution in [2.75, 3.05) is 23.9 Å². The molecule has 3 heterocycles. The Hall–Kier alpha value is -5.14. The van der Waals surface area contributed by atoms with Crippen LogP contribution in [0, 0.1) is 5.92 Å². The van der Waals surface area contributed by atoms with Gasteiger partial charge in [0, 0.05) is 46.7 Å². The molecule has 0 saturated carbocycles. The number of aryl methyl sites for hydroxylation is 1. The van der Waals surface area contributed by atoms with Crippen molar-refractivity contribution in [2.45, 2.75) is 56.1 Å². The molecule has 7 rings (SSSR count). The van der Waals surface area contributed by atoms with Crippen LogP contribution in [0.3, 0.4) is 0 Å². The molecule has 268 valence electrons. The molecule has 1 spiro atoms. The molecule has 4 aromatic carbocycles. The smallest absolute Gasteiger partial charge is 0.268 e. The van der Waals surface area contributed by atoms with Crippen molar-refractivity contribution < 1.29 is 29.0 Å². The molecule has 0 aliphatic carbocycles. The van der Waals surface area contributed by atoms with Crippen LogP contribution in [0.2, 0.25) is 18.6 Å². The molecule has 2 aliphatic rings. The summed E-state index contributed by atoms with van der Waals surface area (Å²) in [5, 5.41) is 21.9. The van der Waals surface area contributed by atoms with Crippen molar-refractivity contribution in [3.63, 3.8) is 0 Å². The molecule has 1 unspecified atom stereocenters. The van der Waals surface area contributed by atoms with Crippen LogP contribution in [0.5, 0.6) is 5.75 Å². The minimum atomic E-state index is -2.94. The maximum atomic E-state index is 14.9. The lowest BCUT2D eigenvalue weighted by molar-refractivity contribution is -0.145. The summed E-state index contributed by atoms with van der Waals surface area (Å²) in [6.07, 6.45) is 1.82. The highest BCUT2D eigenvalue weighted by Crippen LogP contribution is 2.61. The molecule has 0 bridgehead atoms. The summed E-state index contributed by atoms with van der Waals surface area (Å²) in [5.74, 6) is -0.604. The predicted octanol–water partition coefficient (Wildman–Crippen LogP) is 6.23. The van der Waals surface area contributed by atoms with E-state index in [1.54, 1.807) is 47.0 Å². The summed E-state index contributed by atoms with van der Waals surface area (Å²) in [6.45, 7) is 6.10. The third-order valence-corrected chi connectivity index (χ3v) is 13.0. The zero-order valence-corrected chi connectivity index (χ0v) is 30.6. The van der Waals surface area contributed by atoms with Gasteiger partial charge in [0.15, 0.2) is 13.9 Å². The van der Waals surface area contributed by atoms with Crippen molar-refractivity contribution in [3.8, 4) is 5.75 Å². The van der Waals surface area contributed by atoms with Gasteiger partial charge in [0.2, 0.25) is 0 Å². The summed E-state index contributed by atoms with van der Waals surface area (Å²) >= 11 is 0. The maximum Gasteiger partial charge on any atom is 0.268 e. The van der Waals surface area contributed by atoms with Gasteiger partial charge in [-0.3, -0.25) is 19.2 Å². The fourth-order valence-corrected chi connectivity index (χ4v) is 10.6. The highest BCUT2D eigenvalue weighted by Gasteiger charge is 2.66. The average molecular weight is 718 g/mol. The largest absolute Gasteiger partial charge is 0.497 e. The number of nitrogens with zero attached hydrogens (tertiary/aromatic N) is 4. The number of carbonyl (C=O) groups is 2. The van der Waals surface area contributed by atoms with Gasteiger partial charge in [-0.05, 0) is 79.7 Å². The zero-order valence-electron chi connectivity index (χ0n) is 29.6. The highest BCUT2D eigenvalue weighted by molar-refractivity contribution is 6.71. The number of rotatable bonds is 11. The van der Waals surface area contributed by atoms with E-state index in [0.29, 0.717) is 52.6 Å². The zero-order chi connectivity index (χ0) is 36.6. The van der Waals surface area contributed by atoms with Crippen LogP contribution >= 0.6 is 0 Å². The molecule has 52 heavy (non-hydrogen) atoms. The number of nitrogens with one attached hydrogen (secondary N) is 1. The average Bonchev–Trinajstić information content (AvgIpc) is 3.81. The number of ether oxygens (including phenoxy) is 2. The minimum absolute atomic E-state index is 0.108. The number of para-hydroxylation sites is 1. The first-order valence-electron chi connectivity index (χ1n) is 17.5. The predicted molar refractivity (Wildman–Crippen MR) is 200 cm³/mol. The van der Waals surface area contributed by atoms with Gasteiger partial charge >= 0.3 is 0 Å². The number of carbonyl (C=O) groups excluding carboxylic acids is 2. The monoisotopic (exact) mass is 717 g/mol. The third kappa shape index (κ3) is 6.32. The molecular weight excluding hydrogens is 675 g/mol. The number of hydrogen-bond acceptors (Lipinski definition) is 8. The van der Waals surface area contributed by atoms with Crippen LogP contribution in [0.4, 0.5) is 17.1 Å². The van der Waals surface area contributed by atoms with Gasteiger partial charge in [0.1, 0.15) is 5.75 Å². The number of hydrogen-bond donors (Lipinski definition) is 3. The molecule has 11 nitrogen and oxygen atoms in total. The molecule has 1 aromatic heterocycles. The number of aromatic nitrogens is 3. The first-order chi connectivity index (χ1) is 25.0. The van der Waals surface area contributed by atoms with Gasteiger partial charge in [-0.2, -0.15) is 0 Å². The molecule has 0 radical (unpaired) electrons. The molecule has 2 aliphatic heterocycles. The summed E-state index contributed by atoms with van der Waals surface area (Å²) in [7, 11) is -1.37. The number of methoxy groups -OCH3 is 1. The molecule has 5 aromatic rings. The Balaban J connectivity index is 1.22. The van der Waals surface area contributed by atoms with Crippen LogP contribution in [0.15, 0.2) is 109 Å². The Morgan fingerprint density at radius 3 is 2.37 bits per heavy atom. The second-order valence-corrected chi connectivity index (χ2v) is 18.1. The van der Waals surface area contributed by atoms with Gasteiger partial charge in [-0.25, -0.2) is 0 Å². The van der Waals surface area contributed by atoms with E-state index >= 15 is 0 Å². The number of benzene rings is 4. The van der Waals surface area contributed by atoms with Crippen molar-refractivity contribution >= 4 is 37.2 Å². The Kier molecular flexibility index (Phi) is 9.57. The summed E-state index contributed by atoms with van der Waals surface area (Å²) in [5.41, 5.74) is 2.86. The normalized spacial score (nSPS) is 21.7. The van der Waals surface area contributed by atoms with Crippen LogP contribution in [-0.2, 0) is 21.7 Å². The first kappa shape index (κ1) is 35.3. The second-order valence-electron chi connectivity index (χ2n) is 14.1. The van der Waals surface area contributed by atoms with E-state index in [2.05, 4.69) is 15.6 Å². The fourth-order valence-electron chi connectivity index (χ4n) is 8.03. The molecule has 2 amide bonds. The Morgan fingerprint density at radius 2 is 1.71 bits per heavy atom. The number of amides is 2. The topological polar surface area (TPSA) is 139 Å². The molecule has 1 fully saturated rings. The lowest BCUT2D eigenvalue weighted by atomic mass is 9.82. The standard InChI is InChI=1S/C40H43N5O6Si/c1-26-37(52(3,4)49)36(21-22-44-24-34(42-43-44)32(25-46)27-11-7-5-8-12-27)51-40(26)33-23-29(41-38(47)28-15-18-31(50-2)19-16-28)17-20-35(33)45(39(40)48)30-13-9-6-10-14-30/h5-20,23-24,26,32,36-37,46,49H,21-22,25H2,1-4H3,(H,41,47)/t26-,32?,36+,37-,40+/m1/s1. The molecule has 3 N–H and O–H groups in total. The van der Waals surface area contributed by atoms with E-state index in [4.69, 9.17) is 9.47 Å². The number of fused-ring (bicyclic) bond motifs is 2. The van der Waals surface area contributed by atoms with Gasteiger partial charge in [-0.1, -0.05) is 60.7 Å². The summed E-state index contributed by atoms with van der Waals surface area (Å²) in [4.78, 5) is 41.7. The fraction of sp³-hybridized carbons (Fsp3) is 0.300. The van der Waals surface area contributed by atoms with Gasteiger partial charge in [0.25, 0.3) is 11.8 Å². The van der Waals surface area contributed by atoms with E-state index in [-0.39, 0.29) is 29.9 Å². The van der Waals surface area contributed by atoms with Crippen LogP contribution < -0.4 is 15.0 Å². The van der Waals surface area contributed by atoms with Crippen molar-refractivity contribution in [1.29, 1.82) is 0 Å². The number of aliphatic hydroxyl groups is 1. The quantitative estimate of drug-likeness (QED) is 0.137. The Bertz CT molecular complexity index is 2050.